The molecule has 16 nitrogen and oxygen atoms in total. The number of benzene rings is 4. The lowest BCUT2D eigenvalue weighted by atomic mass is 10.2. The van der Waals surface area contributed by atoms with E-state index in [1.807, 2.05) is 30.3 Å². The van der Waals surface area contributed by atoms with Crippen LogP contribution in [0.5, 0.6) is 23.0 Å². The van der Waals surface area contributed by atoms with E-state index in [2.05, 4.69) is 14.8 Å². The van der Waals surface area contributed by atoms with Crippen molar-refractivity contribution in [2.24, 2.45) is 0 Å². The number of halogens is 3. The van der Waals surface area contributed by atoms with E-state index in [4.69, 9.17) is 62.6 Å². The van der Waals surface area contributed by atoms with Crippen molar-refractivity contribution in [1.82, 2.24) is 19.4 Å². The molecule has 2 fully saturated rings. The van der Waals surface area contributed by atoms with Crippen molar-refractivity contribution in [2.75, 3.05) is 96.5 Å². The van der Waals surface area contributed by atoms with E-state index in [-0.39, 0.29) is 39.1 Å². The van der Waals surface area contributed by atoms with Crippen LogP contribution < -0.4 is 40.3 Å². The average molecular weight is 932 g/mol. The topological polar surface area (TPSA) is 165 Å². The SMILES string of the molecule is C.C.COc1cc(N2CCN(C(=O)CCl)CC2)ccc1Cl.COc1ccc2[nH]c(=O)oc2c1.COc1ccc2c(c1)oc(=O)n2CC(=O)N1CCN(c2ccc(Cl)c(OC)c2)CC1. The minimum Gasteiger partial charge on any atom is -0.497 e. The zero-order valence-electron chi connectivity index (χ0n) is 34.0. The fraction of sp³-hybridized carbons (Fsp3) is 0.364. The Balaban J connectivity index is 0.000000226. The highest BCUT2D eigenvalue weighted by Crippen LogP contribution is 2.31. The molecule has 2 aliphatic heterocycles. The molecular formula is C44H53Cl3N6O10. The molecule has 2 amide bonds. The summed E-state index contributed by atoms with van der Waals surface area (Å²) in [6.07, 6.45) is 0. The number of carbonyl (C=O) groups is 2. The van der Waals surface area contributed by atoms with Gasteiger partial charge < -0.3 is 47.4 Å². The van der Waals surface area contributed by atoms with Gasteiger partial charge in [-0.15, -0.1) is 11.6 Å². The number of methoxy groups -OCH3 is 4. The molecule has 19 heteroatoms. The van der Waals surface area contributed by atoms with Crippen LogP contribution >= 0.6 is 34.8 Å². The Hall–Kier alpha value is -5.97. The lowest BCUT2D eigenvalue weighted by Gasteiger charge is -2.36. The second-order valence-corrected chi connectivity index (χ2v) is 14.8. The van der Waals surface area contributed by atoms with Gasteiger partial charge in [0.1, 0.15) is 35.4 Å². The number of nitrogens with one attached hydrogen (secondary N) is 1. The van der Waals surface area contributed by atoms with Crippen LogP contribution in [0.4, 0.5) is 11.4 Å². The second kappa shape index (κ2) is 22.9. The number of nitrogens with zero attached hydrogens (tertiary/aromatic N) is 5. The van der Waals surface area contributed by atoms with Crippen LogP contribution in [0.25, 0.3) is 22.2 Å². The van der Waals surface area contributed by atoms with Crippen LogP contribution in [0.15, 0.2) is 91.2 Å². The standard InChI is InChI=1S/C21H22ClN3O5.C13H16Cl2N2O2.C8H7NO3.2CH4/c1-28-15-4-6-17-19(12-15)30-21(27)25(17)13-20(26)24-9-7-23(8-10-24)14-3-5-16(22)18(11-14)29-2;1-19-12-8-10(2-3-11(12)15)16-4-6-17(7-5-16)13(18)9-14;1-11-5-2-3-6-7(4-5)12-8(10)9-6;;/h3-6,11-12H,7-10,13H2,1-2H3;2-3,8H,4-7,9H2,1H3;2-4H,1H3,(H,9,10);2*1H4. The number of aromatic nitrogens is 2. The Morgan fingerprint density at radius 2 is 1.11 bits per heavy atom. The maximum Gasteiger partial charge on any atom is 0.420 e. The number of alkyl halides is 1. The summed E-state index contributed by atoms with van der Waals surface area (Å²) in [6.45, 7) is 5.36. The third-order valence-corrected chi connectivity index (χ3v) is 11.0. The first-order chi connectivity index (χ1) is 29.4. The van der Waals surface area contributed by atoms with Gasteiger partial charge in [-0.1, -0.05) is 38.1 Å². The van der Waals surface area contributed by atoms with Gasteiger partial charge in [-0.25, -0.2) is 9.59 Å². The summed E-state index contributed by atoms with van der Waals surface area (Å²) in [5.74, 6) is 1.47. The molecule has 340 valence electrons. The highest BCUT2D eigenvalue weighted by molar-refractivity contribution is 6.32. The van der Waals surface area contributed by atoms with Crippen molar-refractivity contribution in [3.8, 4) is 23.0 Å². The highest BCUT2D eigenvalue weighted by atomic mass is 35.5. The molecule has 6 aromatic rings. The van der Waals surface area contributed by atoms with E-state index >= 15 is 0 Å². The summed E-state index contributed by atoms with van der Waals surface area (Å²) in [5.41, 5.74) is 4.21. The Labute approximate surface area is 380 Å². The van der Waals surface area contributed by atoms with Crippen molar-refractivity contribution in [3.05, 3.63) is 104 Å². The zero-order valence-corrected chi connectivity index (χ0v) is 36.2. The molecule has 0 unspecified atom stereocenters. The van der Waals surface area contributed by atoms with Crippen molar-refractivity contribution in [1.29, 1.82) is 0 Å². The number of aromatic amines is 1. The van der Waals surface area contributed by atoms with Crippen LogP contribution in [-0.4, -0.2) is 118 Å². The third kappa shape index (κ3) is 12.1. The summed E-state index contributed by atoms with van der Waals surface area (Å²) >= 11 is 17.7. The molecule has 0 saturated carbocycles. The number of amides is 2. The Morgan fingerprint density at radius 3 is 1.60 bits per heavy atom. The predicted octanol–water partition coefficient (Wildman–Crippen LogP) is 7.25. The first kappa shape index (κ1) is 49.7. The number of rotatable bonds is 9. The minimum atomic E-state index is -0.557. The first-order valence-corrected chi connectivity index (χ1v) is 20.4. The number of hydrogen-bond acceptors (Lipinski definition) is 12. The normalized spacial score (nSPS) is 13.4. The first-order valence-electron chi connectivity index (χ1n) is 19.1. The number of fused-ring (bicyclic) bond motifs is 2. The fourth-order valence-corrected chi connectivity index (χ4v) is 7.37. The van der Waals surface area contributed by atoms with Crippen LogP contribution in [0.3, 0.4) is 0 Å². The van der Waals surface area contributed by atoms with Gasteiger partial charge >= 0.3 is 11.5 Å². The van der Waals surface area contributed by atoms with Gasteiger partial charge in [-0.05, 0) is 48.5 Å². The van der Waals surface area contributed by atoms with E-state index in [1.165, 1.54) is 4.57 Å². The molecule has 0 spiro atoms. The molecule has 63 heavy (non-hydrogen) atoms. The monoisotopic (exact) mass is 930 g/mol. The van der Waals surface area contributed by atoms with Crippen LogP contribution in [-0.2, 0) is 16.1 Å². The number of carbonyl (C=O) groups excluding carboxylic acids is 2. The third-order valence-electron chi connectivity index (χ3n) is 10.2. The van der Waals surface area contributed by atoms with E-state index in [1.54, 1.807) is 80.7 Å². The minimum absolute atomic E-state index is 0. The molecule has 4 heterocycles. The predicted molar refractivity (Wildman–Crippen MR) is 248 cm³/mol. The molecule has 8 rings (SSSR count). The Bertz CT molecular complexity index is 2580. The van der Waals surface area contributed by atoms with Gasteiger partial charge in [0.2, 0.25) is 11.8 Å². The molecule has 0 aliphatic carbocycles. The average Bonchev–Trinajstić information content (AvgIpc) is 3.82. The number of anilines is 2. The van der Waals surface area contributed by atoms with Crippen LogP contribution in [0.2, 0.25) is 10.0 Å². The molecule has 4 aromatic carbocycles. The van der Waals surface area contributed by atoms with E-state index in [0.717, 1.165) is 24.5 Å². The van der Waals surface area contributed by atoms with E-state index in [0.29, 0.717) is 94.5 Å². The summed E-state index contributed by atoms with van der Waals surface area (Å²) < 4.78 is 32.0. The smallest absolute Gasteiger partial charge is 0.420 e. The van der Waals surface area contributed by atoms with E-state index < -0.39 is 11.5 Å². The molecular weight excluding hydrogens is 879 g/mol. The van der Waals surface area contributed by atoms with Gasteiger partial charge in [-0.3, -0.25) is 19.1 Å². The molecule has 2 aliphatic rings. The molecule has 0 atom stereocenters. The lowest BCUT2D eigenvalue weighted by Crippen LogP contribution is -2.50. The Kier molecular flexibility index (Phi) is 18.1. The summed E-state index contributed by atoms with van der Waals surface area (Å²) in [4.78, 5) is 57.7. The lowest BCUT2D eigenvalue weighted by molar-refractivity contribution is -0.132. The number of ether oxygens (including phenoxy) is 4. The van der Waals surface area contributed by atoms with Crippen molar-refractivity contribution in [2.45, 2.75) is 21.4 Å². The number of oxazole rings is 2. The summed E-state index contributed by atoms with van der Waals surface area (Å²) in [6, 6.07) is 21.6. The highest BCUT2D eigenvalue weighted by Gasteiger charge is 2.24. The number of hydrogen-bond donors (Lipinski definition) is 1. The molecule has 1 N–H and O–H groups in total. The van der Waals surface area contributed by atoms with Crippen LogP contribution in [0.1, 0.15) is 14.9 Å². The van der Waals surface area contributed by atoms with Gasteiger partial charge in [0.25, 0.3) is 0 Å². The molecule has 2 saturated heterocycles. The van der Waals surface area contributed by atoms with Gasteiger partial charge in [-0.2, -0.15) is 0 Å². The molecule has 0 radical (unpaired) electrons. The van der Waals surface area contributed by atoms with Gasteiger partial charge in [0.05, 0.1) is 49.5 Å². The van der Waals surface area contributed by atoms with Gasteiger partial charge in [0.15, 0.2) is 11.2 Å². The number of H-pyrrole nitrogens is 1. The quantitative estimate of drug-likeness (QED) is 0.145. The van der Waals surface area contributed by atoms with E-state index in [9.17, 15) is 19.2 Å². The Morgan fingerprint density at radius 1 is 0.619 bits per heavy atom. The fourth-order valence-electron chi connectivity index (χ4n) is 6.81. The maximum atomic E-state index is 12.8. The van der Waals surface area contributed by atoms with Gasteiger partial charge in [0, 0.05) is 88.0 Å². The molecule has 2 aromatic heterocycles. The maximum absolute atomic E-state index is 12.8. The largest absolute Gasteiger partial charge is 0.497 e. The second-order valence-electron chi connectivity index (χ2n) is 13.7. The van der Waals surface area contributed by atoms with Crippen molar-refractivity contribution < 1.29 is 37.4 Å². The van der Waals surface area contributed by atoms with Crippen molar-refractivity contribution in [3.63, 3.8) is 0 Å². The molecule has 0 bridgehead atoms. The van der Waals surface area contributed by atoms with Crippen LogP contribution in [0, 0.1) is 0 Å². The van der Waals surface area contributed by atoms with Crippen molar-refractivity contribution >= 4 is 80.2 Å². The summed E-state index contributed by atoms with van der Waals surface area (Å²) in [5, 5.41) is 1.16. The summed E-state index contributed by atoms with van der Waals surface area (Å²) in [7, 11) is 6.28. The number of piperazine rings is 2. The zero-order chi connectivity index (χ0) is 43.6.